The van der Waals surface area contributed by atoms with Gasteiger partial charge >= 0.3 is 0 Å². The fraction of sp³-hybridized carbons (Fsp3) is 0.542. The highest BCUT2D eigenvalue weighted by atomic mass is 16.5. The Kier molecular flexibility index (Phi) is 6.70. The number of hydrogen-bond acceptors (Lipinski definition) is 4. The number of imidazole rings is 1. The van der Waals surface area contributed by atoms with Crippen LogP contribution < -0.4 is 5.32 Å². The van der Waals surface area contributed by atoms with Crippen molar-refractivity contribution in [1.29, 1.82) is 0 Å². The van der Waals surface area contributed by atoms with Crippen LogP contribution in [0.1, 0.15) is 48.5 Å². The van der Waals surface area contributed by atoms with Gasteiger partial charge in [-0.3, -0.25) is 9.59 Å². The van der Waals surface area contributed by atoms with Gasteiger partial charge in [0.2, 0.25) is 5.91 Å². The van der Waals surface area contributed by atoms with Crippen LogP contribution in [0.3, 0.4) is 0 Å². The normalized spacial score (nSPS) is 22.3. The number of piperidine rings is 1. The molecular formula is C24H32N4O3. The molecule has 2 aromatic rings. The summed E-state index contributed by atoms with van der Waals surface area (Å²) in [5, 5.41) is 3.15. The minimum atomic E-state index is -0.548. The van der Waals surface area contributed by atoms with Crippen molar-refractivity contribution in [2.75, 3.05) is 32.8 Å². The van der Waals surface area contributed by atoms with Gasteiger partial charge in [-0.2, -0.15) is 0 Å². The third-order valence-corrected chi connectivity index (χ3v) is 6.52. The Morgan fingerprint density at radius 2 is 2.13 bits per heavy atom. The van der Waals surface area contributed by atoms with E-state index in [0.717, 1.165) is 44.5 Å². The molecule has 31 heavy (non-hydrogen) atoms. The average molecular weight is 425 g/mol. The lowest BCUT2D eigenvalue weighted by atomic mass is 9.80. The molecule has 1 unspecified atom stereocenters. The third kappa shape index (κ3) is 5.34. The van der Waals surface area contributed by atoms with Gasteiger partial charge in [-0.05, 0) is 56.2 Å². The number of benzene rings is 1. The summed E-state index contributed by atoms with van der Waals surface area (Å²) in [5.41, 5.74) is 1.18. The maximum Gasteiger partial charge on any atom is 0.253 e. The van der Waals surface area contributed by atoms with Crippen LogP contribution in [0.2, 0.25) is 0 Å². The van der Waals surface area contributed by atoms with Crippen molar-refractivity contribution in [3.8, 4) is 0 Å². The van der Waals surface area contributed by atoms with Crippen molar-refractivity contribution in [1.82, 2.24) is 19.8 Å². The average Bonchev–Trinajstić information content (AvgIpc) is 3.31. The summed E-state index contributed by atoms with van der Waals surface area (Å²) in [6.07, 6.45) is 9.05. The van der Waals surface area contributed by atoms with Crippen LogP contribution in [-0.4, -0.2) is 59.1 Å². The van der Waals surface area contributed by atoms with E-state index in [4.69, 9.17) is 4.74 Å². The highest BCUT2D eigenvalue weighted by Crippen LogP contribution is 2.31. The van der Waals surface area contributed by atoms with Crippen LogP contribution in [0, 0.1) is 11.3 Å². The molecule has 7 nitrogen and oxygen atoms in total. The molecule has 0 radical (unpaired) electrons. The first-order chi connectivity index (χ1) is 15.0. The molecule has 2 amide bonds. The molecule has 1 aromatic heterocycles. The predicted molar refractivity (Wildman–Crippen MR) is 118 cm³/mol. The van der Waals surface area contributed by atoms with Crippen molar-refractivity contribution in [2.45, 2.75) is 39.2 Å². The van der Waals surface area contributed by atoms with Gasteiger partial charge in [0.15, 0.2) is 0 Å². The zero-order chi connectivity index (χ0) is 21.7. The summed E-state index contributed by atoms with van der Waals surface area (Å²) in [5.74, 6) is 0.543. The summed E-state index contributed by atoms with van der Waals surface area (Å²) in [6, 6.07) is 7.74. The van der Waals surface area contributed by atoms with E-state index in [9.17, 15) is 9.59 Å². The van der Waals surface area contributed by atoms with E-state index in [2.05, 4.69) is 10.3 Å². The van der Waals surface area contributed by atoms with E-state index >= 15 is 0 Å². The molecule has 4 rings (SSSR count). The molecule has 2 aliphatic heterocycles. The number of nitrogens with zero attached hydrogens (tertiary/aromatic N) is 3. The summed E-state index contributed by atoms with van der Waals surface area (Å²) >= 11 is 0. The molecule has 7 heteroatoms. The quantitative estimate of drug-likeness (QED) is 0.774. The van der Waals surface area contributed by atoms with Crippen LogP contribution >= 0.6 is 0 Å². The van der Waals surface area contributed by atoms with Crippen LogP contribution in [-0.2, 0) is 16.1 Å². The van der Waals surface area contributed by atoms with Crippen LogP contribution in [0.5, 0.6) is 0 Å². The minimum Gasteiger partial charge on any atom is -0.381 e. The summed E-state index contributed by atoms with van der Waals surface area (Å²) in [6.45, 7) is 6.06. The number of carbonyl (C=O) groups is 2. The zero-order valence-corrected chi connectivity index (χ0v) is 18.3. The highest BCUT2D eigenvalue weighted by molar-refractivity contribution is 5.95. The second-order valence-electron chi connectivity index (χ2n) is 9.09. The number of nitrogens with one attached hydrogen (secondary N) is 1. The lowest BCUT2D eigenvalue weighted by Crippen LogP contribution is -2.52. The topological polar surface area (TPSA) is 76.5 Å². The number of aromatic nitrogens is 2. The molecule has 3 heterocycles. The molecular weight excluding hydrogens is 392 g/mol. The Morgan fingerprint density at radius 3 is 2.90 bits per heavy atom. The Balaban J connectivity index is 1.38. The smallest absolute Gasteiger partial charge is 0.253 e. The summed E-state index contributed by atoms with van der Waals surface area (Å²) < 4.78 is 7.38. The Bertz CT molecular complexity index is 892. The van der Waals surface area contributed by atoms with E-state index in [1.165, 1.54) is 0 Å². The molecule has 2 saturated heterocycles. The van der Waals surface area contributed by atoms with Gasteiger partial charge in [0.05, 0.1) is 11.7 Å². The molecule has 1 N–H and O–H groups in total. The molecule has 0 saturated carbocycles. The van der Waals surface area contributed by atoms with Gasteiger partial charge in [0.25, 0.3) is 5.91 Å². The SMILES string of the molecule is CC1(C(=O)NCC2CCOCC2)CCCN(C(=O)c2cccc(Cn3ccnc3)c2)C1. The number of ether oxygens (including phenoxy) is 1. The van der Waals surface area contributed by atoms with E-state index < -0.39 is 5.41 Å². The molecule has 1 atom stereocenters. The van der Waals surface area contributed by atoms with Gasteiger partial charge in [0, 0.05) is 57.3 Å². The fourth-order valence-corrected chi connectivity index (χ4v) is 4.58. The number of carbonyl (C=O) groups excluding carboxylic acids is 2. The highest BCUT2D eigenvalue weighted by Gasteiger charge is 2.39. The maximum absolute atomic E-state index is 13.2. The summed E-state index contributed by atoms with van der Waals surface area (Å²) in [7, 11) is 0. The molecule has 0 spiro atoms. The second-order valence-corrected chi connectivity index (χ2v) is 9.09. The van der Waals surface area contributed by atoms with Crippen LogP contribution in [0.15, 0.2) is 43.0 Å². The lowest BCUT2D eigenvalue weighted by Gasteiger charge is -2.39. The van der Waals surface area contributed by atoms with E-state index in [1.807, 2.05) is 46.9 Å². The first-order valence-electron chi connectivity index (χ1n) is 11.2. The van der Waals surface area contributed by atoms with Crippen molar-refractivity contribution in [3.05, 3.63) is 54.1 Å². The first kappa shape index (κ1) is 21.6. The number of hydrogen-bond donors (Lipinski definition) is 1. The first-order valence-corrected chi connectivity index (χ1v) is 11.2. The van der Waals surface area contributed by atoms with Crippen molar-refractivity contribution in [2.24, 2.45) is 11.3 Å². The Hall–Kier alpha value is -2.67. The Morgan fingerprint density at radius 1 is 1.29 bits per heavy atom. The minimum absolute atomic E-state index is 0.00404. The van der Waals surface area contributed by atoms with Gasteiger partial charge < -0.3 is 19.5 Å². The molecule has 166 valence electrons. The molecule has 2 aliphatic rings. The standard InChI is InChI=1S/C24H32N4O3/c1-24(23(30)26-15-19-6-12-31-13-7-19)8-3-10-28(17-24)22(29)21-5-2-4-20(14-21)16-27-11-9-25-18-27/h2,4-5,9,11,14,18-19H,3,6-8,10,12-13,15-17H2,1H3,(H,26,30). The van der Waals surface area contributed by atoms with Crippen molar-refractivity contribution >= 4 is 11.8 Å². The van der Waals surface area contributed by atoms with Crippen LogP contribution in [0.4, 0.5) is 0 Å². The van der Waals surface area contributed by atoms with Gasteiger partial charge in [-0.25, -0.2) is 4.98 Å². The van der Waals surface area contributed by atoms with Gasteiger partial charge in [-0.1, -0.05) is 12.1 Å². The van der Waals surface area contributed by atoms with Crippen molar-refractivity contribution < 1.29 is 14.3 Å². The molecule has 1 aromatic carbocycles. The third-order valence-electron chi connectivity index (χ3n) is 6.52. The lowest BCUT2D eigenvalue weighted by molar-refractivity contribution is -0.133. The fourth-order valence-electron chi connectivity index (χ4n) is 4.58. The number of amides is 2. The number of rotatable bonds is 6. The van der Waals surface area contributed by atoms with Crippen molar-refractivity contribution in [3.63, 3.8) is 0 Å². The summed E-state index contributed by atoms with van der Waals surface area (Å²) in [4.78, 5) is 32.2. The largest absolute Gasteiger partial charge is 0.381 e. The molecule has 0 aliphatic carbocycles. The predicted octanol–water partition coefficient (Wildman–Crippen LogP) is 2.72. The van der Waals surface area contributed by atoms with Crippen LogP contribution in [0.25, 0.3) is 0 Å². The van der Waals surface area contributed by atoms with E-state index in [1.54, 1.807) is 12.5 Å². The monoisotopic (exact) mass is 424 g/mol. The van der Waals surface area contributed by atoms with E-state index in [-0.39, 0.29) is 11.8 Å². The van der Waals surface area contributed by atoms with Gasteiger partial charge in [-0.15, -0.1) is 0 Å². The number of likely N-dealkylation sites (tertiary alicyclic amines) is 1. The molecule has 2 fully saturated rings. The van der Waals surface area contributed by atoms with E-state index in [0.29, 0.717) is 37.7 Å². The van der Waals surface area contributed by atoms with Gasteiger partial charge in [0.1, 0.15) is 0 Å². The maximum atomic E-state index is 13.2. The molecule has 0 bridgehead atoms. The Labute approximate surface area is 183 Å². The zero-order valence-electron chi connectivity index (χ0n) is 18.3. The second kappa shape index (κ2) is 9.64.